The third kappa shape index (κ3) is 8.78. The number of nitrogens with one attached hydrogen (secondary N) is 1. The average molecular weight is 772 g/mol. The van der Waals surface area contributed by atoms with Gasteiger partial charge in [-0.3, -0.25) is 0 Å². The zero-order valence-corrected chi connectivity index (χ0v) is 34.6. The van der Waals surface area contributed by atoms with Gasteiger partial charge in [-0.05, 0) is 83.3 Å². The number of allylic oxidation sites excluding steroid dienone is 4. The summed E-state index contributed by atoms with van der Waals surface area (Å²) in [5.41, 5.74) is 10.5. The fourth-order valence-corrected chi connectivity index (χ4v) is 7.72. The molecule has 0 aliphatic carbocycles. The van der Waals surface area contributed by atoms with Crippen LogP contribution in [0.1, 0.15) is 49.3 Å². The van der Waals surface area contributed by atoms with Gasteiger partial charge < -0.3 is 19.2 Å². The molecule has 1 aliphatic heterocycles. The van der Waals surface area contributed by atoms with Crippen molar-refractivity contribution < 1.29 is 4.42 Å². The number of hydrogen-bond donors (Lipinski definition) is 1. The molecule has 0 fully saturated rings. The maximum absolute atomic E-state index is 6.71. The standard InChI is InChI=1S/C47H41N3O.C6H6.C2H6/c1-32-15-12-13-28-49(4)31-44-42(29-33(32)2)40-26-27-41-39-21-9-11-23-45(39)51-47(41)46(40)50(44)36-19-14-16-34(30-36)24-25-37(35-17-6-5-7-18-35)38-20-8-10-22-43(38)48-3;1-2-4-6-5-3-1;1-2/h5-11,13-14,16-31,37,48H,1-2,12,15H2,3-4H3;1-6H;1-2H3/b25-24?,28-13-,42-29-,44-31+;;. The quantitative estimate of drug-likeness (QED) is 0.183. The van der Waals surface area contributed by atoms with E-state index in [1.807, 2.05) is 69.4 Å². The van der Waals surface area contributed by atoms with E-state index in [1.54, 1.807) is 0 Å². The number of benzene rings is 6. The van der Waals surface area contributed by atoms with Crippen LogP contribution in [0, 0.1) is 0 Å². The van der Waals surface area contributed by atoms with Gasteiger partial charge in [0.05, 0.1) is 10.9 Å². The van der Waals surface area contributed by atoms with Crippen LogP contribution in [0.25, 0.3) is 56.9 Å². The molecule has 0 bridgehead atoms. The highest BCUT2D eigenvalue weighted by atomic mass is 16.3. The third-order valence-electron chi connectivity index (χ3n) is 10.6. The third-order valence-corrected chi connectivity index (χ3v) is 10.6. The minimum atomic E-state index is 0.0696. The molecule has 1 aliphatic rings. The summed E-state index contributed by atoms with van der Waals surface area (Å²) in [6, 6.07) is 52.7. The summed E-state index contributed by atoms with van der Waals surface area (Å²) >= 11 is 0. The first-order valence-corrected chi connectivity index (χ1v) is 20.5. The van der Waals surface area contributed by atoms with Crippen LogP contribution in [0.5, 0.6) is 0 Å². The Hall–Kier alpha value is -7.04. The Bertz CT molecular complexity index is 2870. The van der Waals surface area contributed by atoms with Gasteiger partial charge in [0, 0.05) is 59.0 Å². The predicted octanol–water partition coefficient (Wildman–Crippen LogP) is 13.0. The molecule has 0 amide bonds. The molecule has 0 radical (unpaired) electrons. The molecule has 3 heterocycles. The van der Waals surface area contributed by atoms with Gasteiger partial charge in [-0.2, -0.15) is 0 Å². The zero-order valence-electron chi connectivity index (χ0n) is 34.6. The Labute approximate surface area is 348 Å². The van der Waals surface area contributed by atoms with Crippen LogP contribution in [-0.2, 0) is 0 Å². The van der Waals surface area contributed by atoms with E-state index in [1.165, 1.54) is 11.1 Å². The van der Waals surface area contributed by atoms with Crippen molar-refractivity contribution in [3.63, 3.8) is 0 Å². The maximum atomic E-state index is 6.71. The Balaban J connectivity index is 0.000000600. The van der Waals surface area contributed by atoms with Crippen molar-refractivity contribution >= 4 is 56.9 Å². The van der Waals surface area contributed by atoms with Gasteiger partial charge in [0.25, 0.3) is 0 Å². The SMILES string of the molecule is C=C1/C=c2\c(n(-c3cccc(C=CC(c4ccccc4)c4ccccc4NC)c3)c3c2ccc2c4ccccc4oc23)=C/N(C)/C=C\CCC1=C.CC.c1ccccc1. The van der Waals surface area contributed by atoms with E-state index in [2.05, 4.69) is 175 Å². The Morgan fingerprint density at radius 1 is 0.729 bits per heavy atom. The van der Waals surface area contributed by atoms with Gasteiger partial charge in [-0.15, -0.1) is 0 Å². The molecule has 1 N–H and O–H groups in total. The number of aromatic nitrogens is 1. The molecule has 4 heteroatoms. The Morgan fingerprint density at radius 2 is 1.41 bits per heavy atom. The van der Waals surface area contributed by atoms with E-state index in [-0.39, 0.29) is 5.92 Å². The lowest BCUT2D eigenvalue weighted by Crippen LogP contribution is -2.31. The fourth-order valence-electron chi connectivity index (χ4n) is 7.72. The van der Waals surface area contributed by atoms with E-state index >= 15 is 0 Å². The van der Waals surface area contributed by atoms with Crippen molar-refractivity contribution in [3.05, 3.63) is 222 Å². The first-order chi connectivity index (χ1) is 29.0. The van der Waals surface area contributed by atoms with E-state index in [9.17, 15) is 0 Å². The maximum Gasteiger partial charge on any atom is 0.160 e. The van der Waals surface area contributed by atoms with Crippen LogP contribution in [0.3, 0.4) is 0 Å². The van der Waals surface area contributed by atoms with E-state index in [0.717, 1.165) is 84.3 Å². The lowest BCUT2D eigenvalue weighted by molar-refractivity contribution is 0.667. The first-order valence-electron chi connectivity index (χ1n) is 20.5. The highest BCUT2D eigenvalue weighted by molar-refractivity contribution is 6.14. The summed E-state index contributed by atoms with van der Waals surface area (Å²) in [7, 11) is 4.07. The van der Waals surface area contributed by atoms with Crippen molar-refractivity contribution in [1.82, 2.24) is 9.47 Å². The highest BCUT2D eigenvalue weighted by Crippen LogP contribution is 2.35. The van der Waals surface area contributed by atoms with Crippen LogP contribution in [0.2, 0.25) is 0 Å². The molecule has 0 saturated heterocycles. The first kappa shape index (κ1) is 40.2. The highest BCUT2D eigenvalue weighted by Gasteiger charge is 2.19. The number of furan rings is 1. The molecule has 9 rings (SSSR count). The molecule has 4 nitrogen and oxygen atoms in total. The topological polar surface area (TPSA) is 33.3 Å². The number of rotatable bonds is 6. The van der Waals surface area contributed by atoms with Crippen molar-refractivity contribution in [2.45, 2.75) is 32.6 Å². The zero-order chi connectivity index (χ0) is 41.1. The fraction of sp³-hybridized carbons (Fsp3) is 0.127. The Kier molecular flexibility index (Phi) is 12.9. The smallest absolute Gasteiger partial charge is 0.160 e. The molecule has 6 aromatic carbocycles. The Morgan fingerprint density at radius 3 is 2.17 bits per heavy atom. The van der Waals surface area contributed by atoms with Gasteiger partial charge in [-0.25, -0.2) is 0 Å². The number of anilines is 1. The van der Waals surface area contributed by atoms with E-state index in [4.69, 9.17) is 4.42 Å². The summed E-state index contributed by atoms with van der Waals surface area (Å²) in [5.74, 6) is 0.0696. The number of hydrogen-bond acceptors (Lipinski definition) is 3. The predicted molar refractivity (Wildman–Crippen MR) is 254 cm³/mol. The van der Waals surface area contributed by atoms with Crippen molar-refractivity contribution in [3.8, 4) is 5.69 Å². The summed E-state index contributed by atoms with van der Waals surface area (Å²) < 4.78 is 9.06. The summed E-state index contributed by atoms with van der Waals surface area (Å²) in [6.45, 7) is 12.9. The average Bonchev–Trinajstić information content (AvgIpc) is 3.81. The lowest BCUT2D eigenvalue weighted by atomic mass is 9.89. The van der Waals surface area contributed by atoms with Gasteiger partial charge in [-0.1, -0.05) is 167 Å². The second-order valence-corrected chi connectivity index (χ2v) is 14.4. The minimum Gasteiger partial charge on any atom is -0.454 e. The second-order valence-electron chi connectivity index (χ2n) is 14.4. The van der Waals surface area contributed by atoms with Crippen LogP contribution < -0.4 is 15.9 Å². The van der Waals surface area contributed by atoms with Crippen molar-refractivity contribution in [1.29, 1.82) is 0 Å². The van der Waals surface area contributed by atoms with Gasteiger partial charge in [0.2, 0.25) is 0 Å². The molecule has 1 atom stereocenters. The van der Waals surface area contributed by atoms with Gasteiger partial charge in [0.1, 0.15) is 5.58 Å². The van der Waals surface area contributed by atoms with Crippen LogP contribution in [0.4, 0.5) is 5.69 Å². The van der Waals surface area contributed by atoms with Crippen molar-refractivity contribution in [2.24, 2.45) is 0 Å². The largest absolute Gasteiger partial charge is 0.454 e. The molecule has 0 spiro atoms. The monoisotopic (exact) mass is 771 g/mol. The van der Waals surface area contributed by atoms with E-state index in [0.29, 0.717) is 0 Å². The summed E-state index contributed by atoms with van der Waals surface area (Å²) in [5, 5.41) is 8.85. The lowest BCUT2D eigenvalue weighted by Gasteiger charge is -2.18. The van der Waals surface area contributed by atoms with Gasteiger partial charge >= 0.3 is 0 Å². The number of para-hydroxylation sites is 2. The normalized spacial score (nSPS) is 15.1. The van der Waals surface area contributed by atoms with Crippen LogP contribution in [0.15, 0.2) is 199 Å². The van der Waals surface area contributed by atoms with Gasteiger partial charge in [0.15, 0.2) is 5.58 Å². The second kappa shape index (κ2) is 18.9. The molecule has 1 unspecified atom stereocenters. The van der Waals surface area contributed by atoms with Crippen LogP contribution in [-0.4, -0.2) is 23.6 Å². The van der Waals surface area contributed by atoms with E-state index < -0.39 is 0 Å². The number of fused-ring (bicyclic) bond motifs is 7. The summed E-state index contributed by atoms with van der Waals surface area (Å²) in [6.07, 6.45) is 15.1. The molecule has 294 valence electrons. The molecule has 8 aromatic rings. The molecular weight excluding hydrogens is 719 g/mol. The van der Waals surface area contributed by atoms with Crippen molar-refractivity contribution in [2.75, 3.05) is 19.4 Å². The number of nitrogens with zero attached hydrogens (tertiary/aromatic N) is 2. The molecular formula is C55H53N3O. The molecule has 0 saturated carbocycles. The molecule has 2 aromatic heterocycles. The summed E-state index contributed by atoms with van der Waals surface area (Å²) in [4.78, 5) is 2.14. The minimum absolute atomic E-state index is 0.0696. The van der Waals surface area contributed by atoms with Crippen LogP contribution >= 0.6 is 0 Å². The molecule has 59 heavy (non-hydrogen) atoms.